The van der Waals surface area contributed by atoms with E-state index in [1.165, 1.54) is 32.1 Å². The molecule has 3 heteroatoms. The van der Waals surface area contributed by atoms with Crippen molar-refractivity contribution in [3.05, 3.63) is 24.6 Å². The highest BCUT2D eigenvalue weighted by Crippen LogP contribution is 2.07. The SMILES string of the molecule is CCCCCC/C=C/C1NC=CN1CCN. The van der Waals surface area contributed by atoms with Crippen molar-refractivity contribution in [2.45, 2.75) is 45.2 Å². The molecule has 0 aliphatic carbocycles. The third kappa shape index (κ3) is 4.71. The molecule has 1 unspecified atom stereocenters. The summed E-state index contributed by atoms with van der Waals surface area (Å²) < 4.78 is 0. The molecule has 1 aliphatic rings. The van der Waals surface area contributed by atoms with Gasteiger partial charge in [-0.3, -0.25) is 0 Å². The summed E-state index contributed by atoms with van der Waals surface area (Å²) in [6.07, 6.45) is 15.4. The molecule has 0 amide bonds. The number of nitrogens with one attached hydrogen (secondary N) is 1. The fourth-order valence-electron chi connectivity index (χ4n) is 1.87. The van der Waals surface area contributed by atoms with Gasteiger partial charge in [0.25, 0.3) is 0 Å². The molecule has 0 radical (unpaired) electrons. The van der Waals surface area contributed by atoms with Crippen molar-refractivity contribution in [1.29, 1.82) is 0 Å². The largest absolute Gasteiger partial charge is 0.367 e. The topological polar surface area (TPSA) is 41.3 Å². The van der Waals surface area contributed by atoms with Crippen LogP contribution in [-0.2, 0) is 0 Å². The monoisotopic (exact) mass is 223 g/mol. The number of unbranched alkanes of at least 4 members (excludes halogenated alkanes) is 4. The third-order valence-corrected chi connectivity index (χ3v) is 2.82. The Labute approximate surface area is 99.4 Å². The summed E-state index contributed by atoms with van der Waals surface area (Å²) in [6, 6.07) is 0. The van der Waals surface area contributed by atoms with Gasteiger partial charge < -0.3 is 16.0 Å². The average molecular weight is 223 g/mol. The molecule has 0 spiro atoms. The molecule has 3 nitrogen and oxygen atoms in total. The maximum absolute atomic E-state index is 5.55. The van der Waals surface area contributed by atoms with E-state index in [2.05, 4.69) is 35.5 Å². The Balaban J connectivity index is 2.13. The first kappa shape index (κ1) is 13.1. The first-order valence-corrected chi connectivity index (χ1v) is 6.43. The number of rotatable bonds is 8. The summed E-state index contributed by atoms with van der Waals surface area (Å²) in [7, 11) is 0. The van der Waals surface area contributed by atoms with Crippen molar-refractivity contribution in [1.82, 2.24) is 10.2 Å². The van der Waals surface area contributed by atoms with E-state index in [-0.39, 0.29) is 0 Å². The van der Waals surface area contributed by atoms with Gasteiger partial charge in [0.2, 0.25) is 0 Å². The lowest BCUT2D eigenvalue weighted by Gasteiger charge is -2.21. The highest BCUT2D eigenvalue weighted by Gasteiger charge is 2.13. The molecule has 0 bridgehead atoms. The quantitative estimate of drug-likeness (QED) is 0.489. The predicted octanol–water partition coefficient (Wildman–Crippen LogP) is 2.17. The first-order valence-electron chi connectivity index (χ1n) is 6.43. The van der Waals surface area contributed by atoms with E-state index in [1.807, 2.05) is 6.20 Å². The van der Waals surface area contributed by atoms with Crippen molar-refractivity contribution in [2.75, 3.05) is 13.1 Å². The molecule has 1 aliphatic heterocycles. The zero-order chi connectivity index (χ0) is 11.6. The molecule has 1 atom stereocenters. The predicted molar refractivity (Wildman–Crippen MR) is 69.7 cm³/mol. The molecular formula is C13H25N3. The summed E-state index contributed by atoms with van der Waals surface area (Å²) in [6.45, 7) is 3.86. The van der Waals surface area contributed by atoms with Gasteiger partial charge in [0.05, 0.1) is 0 Å². The van der Waals surface area contributed by atoms with E-state index < -0.39 is 0 Å². The van der Waals surface area contributed by atoms with Crippen LogP contribution in [0.4, 0.5) is 0 Å². The molecule has 1 rings (SSSR count). The van der Waals surface area contributed by atoms with Crippen LogP contribution in [0.25, 0.3) is 0 Å². The van der Waals surface area contributed by atoms with Gasteiger partial charge in [-0.05, 0) is 18.9 Å². The van der Waals surface area contributed by atoms with Crippen LogP contribution in [0.15, 0.2) is 24.6 Å². The van der Waals surface area contributed by atoms with E-state index in [1.54, 1.807) is 0 Å². The van der Waals surface area contributed by atoms with Crippen LogP contribution in [0.1, 0.15) is 39.0 Å². The van der Waals surface area contributed by atoms with Crippen LogP contribution in [0.5, 0.6) is 0 Å². The molecule has 92 valence electrons. The first-order chi connectivity index (χ1) is 7.88. The zero-order valence-electron chi connectivity index (χ0n) is 10.4. The van der Waals surface area contributed by atoms with Crippen molar-refractivity contribution in [2.24, 2.45) is 5.73 Å². The Bertz CT molecular complexity index is 223. The third-order valence-electron chi connectivity index (χ3n) is 2.82. The molecule has 0 fully saturated rings. The Morgan fingerprint density at radius 1 is 1.38 bits per heavy atom. The Hall–Kier alpha value is -0.960. The smallest absolute Gasteiger partial charge is 0.118 e. The van der Waals surface area contributed by atoms with Gasteiger partial charge in [0, 0.05) is 25.5 Å². The van der Waals surface area contributed by atoms with E-state index in [0.29, 0.717) is 12.7 Å². The second-order valence-electron chi connectivity index (χ2n) is 4.23. The van der Waals surface area contributed by atoms with Crippen LogP contribution in [0.3, 0.4) is 0 Å². The number of nitrogens with two attached hydrogens (primary N) is 1. The lowest BCUT2D eigenvalue weighted by atomic mass is 10.1. The van der Waals surface area contributed by atoms with Gasteiger partial charge in [0.15, 0.2) is 0 Å². The minimum absolute atomic E-state index is 0.315. The van der Waals surface area contributed by atoms with Gasteiger partial charge >= 0.3 is 0 Å². The molecule has 16 heavy (non-hydrogen) atoms. The lowest BCUT2D eigenvalue weighted by molar-refractivity contribution is 0.333. The second kappa shape index (κ2) is 8.22. The number of nitrogens with zero attached hydrogens (tertiary/aromatic N) is 1. The number of hydrogen-bond acceptors (Lipinski definition) is 3. The van der Waals surface area contributed by atoms with Gasteiger partial charge in [-0.15, -0.1) is 0 Å². The van der Waals surface area contributed by atoms with Crippen LogP contribution in [0, 0.1) is 0 Å². The summed E-state index contributed by atoms with van der Waals surface area (Å²) in [4.78, 5) is 2.22. The van der Waals surface area contributed by atoms with Crippen molar-refractivity contribution < 1.29 is 0 Å². The molecule has 0 saturated carbocycles. The maximum atomic E-state index is 5.55. The highest BCUT2D eigenvalue weighted by molar-refractivity contribution is 5.04. The molecule has 3 N–H and O–H groups in total. The zero-order valence-corrected chi connectivity index (χ0v) is 10.4. The van der Waals surface area contributed by atoms with Crippen molar-refractivity contribution in [3.8, 4) is 0 Å². The van der Waals surface area contributed by atoms with E-state index >= 15 is 0 Å². The second-order valence-corrected chi connectivity index (χ2v) is 4.23. The summed E-state index contributed by atoms with van der Waals surface area (Å²) in [5, 5.41) is 3.30. The fourth-order valence-corrected chi connectivity index (χ4v) is 1.87. The Morgan fingerprint density at radius 2 is 2.25 bits per heavy atom. The molecule has 0 aromatic rings. The van der Waals surface area contributed by atoms with E-state index in [0.717, 1.165) is 6.54 Å². The van der Waals surface area contributed by atoms with Crippen molar-refractivity contribution >= 4 is 0 Å². The lowest BCUT2D eigenvalue weighted by Crippen LogP contribution is -2.36. The van der Waals surface area contributed by atoms with Gasteiger partial charge in [0.1, 0.15) is 6.17 Å². The summed E-state index contributed by atoms with van der Waals surface area (Å²) in [5.41, 5.74) is 5.55. The number of allylic oxidation sites excluding steroid dienone is 1. The van der Waals surface area contributed by atoms with Crippen molar-refractivity contribution in [3.63, 3.8) is 0 Å². The fraction of sp³-hybridized carbons (Fsp3) is 0.692. The van der Waals surface area contributed by atoms with Gasteiger partial charge in [-0.25, -0.2) is 0 Å². The van der Waals surface area contributed by atoms with E-state index in [9.17, 15) is 0 Å². The van der Waals surface area contributed by atoms with Crippen LogP contribution >= 0.6 is 0 Å². The maximum Gasteiger partial charge on any atom is 0.118 e. The van der Waals surface area contributed by atoms with Gasteiger partial charge in [-0.2, -0.15) is 0 Å². The minimum atomic E-state index is 0.315. The van der Waals surface area contributed by atoms with Crippen LogP contribution < -0.4 is 11.1 Å². The molecular weight excluding hydrogens is 198 g/mol. The minimum Gasteiger partial charge on any atom is -0.367 e. The summed E-state index contributed by atoms with van der Waals surface area (Å²) in [5.74, 6) is 0. The molecule has 1 heterocycles. The average Bonchev–Trinajstić information content (AvgIpc) is 2.72. The van der Waals surface area contributed by atoms with Gasteiger partial charge in [-0.1, -0.05) is 32.3 Å². The standard InChI is InChI=1S/C13H25N3/c1-2-3-4-5-6-7-8-13-15-10-12-16(13)11-9-14/h7-8,10,12-13,15H,2-6,9,11,14H2,1H3/b8-7+. The Kier molecular flexibility index (Phi) is 6.74. The molecule has 0 saturated heterocycles. The summed E-state index contributed by atoms with van der Waals surface area (Å²) >= 11 is 0. The molecule has 0 aromatic carbocycles. The number of hydrogen-bond donors (Lipinski definition) is 2. The van der Waals surface area contributed by atoms with Crippen LogP contribution in [0.2, 0.25) is 0 Å². The highest BCUT2D eigenvalue weighted by atomic mass is 15.3. The molecule has 0 aromatic heterocycles. The normalized spacial score (nSPS) is 19.6. The Morgan fingerprint density at radius 3 is 3.00 bits per heavy atom. The van der Waals surface area contributed by atoms with Crippen LogP contribution in [-0.4, -0.2) is 24.2 Å². The van der Waals surface area contributed by atoms with E-state index in [4.69, 9.17) is 5.73 Å².